The molecule has 0 saturated heterocycles. The fourth-order valence-corrected chi connectivity index (χ4v) is 3.15. The van der Waals surface area contributed by atoms with Crippen LogP contribution in [0.5, 0.6) is 0 Å². The number of rotatable bonds is 13. The molecule has 0 saturated carbocycles. The fourth-order valence-electron chi connectivity index (χ4n) is 3.15. The number of nitrogens with zero attached hydrogens (tertiary/aromatic N) is 3. The number of H-pyrrole nitrogens is 1. The third-order valence-electron chi connectivity index (χ3n) is 5.32. The largest absolute Gasteiger partial charge is 1.00 e. The van der Waals surface area contributed by atoms with Gasteiger partial charge in [-0.1, -0.05) is 0 Å². The van der Waals surface area contributed by atoms with Crippen LogP contribution in [0.3, 0.4) is 0 Å². The fraction of sp³-hybridized carbons (Fsp3) is 0.292. The van der Waals surface area contributed by atoms with Gasteiger partial charge in [0.2, 0.25) is 5.95 Å². The van der Waals surface area contributed by atoms with E-state index in [9.17, 15) is 39.0 Å². The van der Waals surface area contributed by atoms with Crippen LogP contribution in [0.4, 0.5) is 11.6 Å². The van der Waals surface area contributed by atoms with Crippen LogP contribution in [0.2, 0.25) is 0 Å². The van der Waals surface area contributed by atoms with E-state index in [1.807, 2.05) is 0 Å². The van der Waals surface area contributed by atoms with E-state index in [-0.39, 0.29) is 86.2 Å². The van der Waals surface area contributed by atoms with Crippen LogP contribution in [0, 0.1) is 0 Å². The molecule has 0 unspecified atom stereocenters. The van der Waals surface area contributed by atoms with Gasteiger partial charge in [0, 0.05) is 29.7 Å². The maximum Gasteiger partial charge on any atom is 1.00 e. The van der Waals surface area contributed by atoms with Crippen LogP contribution in [-0.2, 0) is 25.7 Å². The number of carbonyl (C=O) groups is 5. The van der Waals surface area contributed by atoms with Crippen LogP contribution in [0.15, 0.2) is 35.3 Å². The van der Waals surface area contributed by atoms with Crippen molar-refractivity contribution in [1.29, 1.82) is 0 Å². The van der Waals surface area contributed by atoms with E-state index in [0.717, 1.165) is 0 Å². The average Bonchev–Trinajstić information content (AvgIpc) is 2.93. The topological polar surface area (TPSA) is 320 Å². The van der Waals surface area contributed by atoms with Gasteiger partial charge in [-0.3, -0.25) is 19.4 Å². The number of carboxylic acids is 4. The molecule has 20 heteroatoms. The van der Waals surface area contributed by atoms with Gasteiger partial charge in [0.1, 0.15) is 6.04 Å². The van der Waals surface area contributed by atoms with E-state index in [4.69, 9.17) is 21.7 Å². The molecule has 2 heterocycles. The Kier molecular flexibility index (Phi) is 17.0. The molecule has 0 aliphatic heterocycles. The smallest absolute Gasteiger partial charge is 0.550 e. The zero-order valence-corrected chi connectivity index (χ0v) is 23.7. The molecule has 2 aromatic heterocycles. The number of nitrogen functional groups attached to an aromatic ring is 1. The van der Waals surface area contributed by atoms with E-state index in [1.165, 1.54) is 18.3 Å². The van der Waals surface area contributed by atoms with Gasteiger partial charge in [-0.15, -0.1) is 0 Å². The number of carbonyl (C=O) groups excluding carboxylic acids is 3. The predicted octanol–water partition coefficient (Wildman–Crippen LogP) is -9.44. The summed E-state index contributed by atoms with van der Waals surface area (Å²) in [6, 6.07) is 3.61. The van der Waals surface area contributed by atoms with Gasteiger partial charge >= 0.3 is 49.7 Å². The summed E-state index contributed by atoms with van der Waals surface area (Å²) in [6.07, 6.45) is 0.336. The summed E-state index contributed by atoms with van der Waals surface area (Å²) in [5.74, 6) is -5.93. The second-order valence-corrected chi connectivity index (χ2v) is 8.55. The minimum atomic E-state index is -1.42. The van der Waals surface area contributed by atoms with Crippen LogP contribution < -0.4 is 75.6 Å². The van der Waals surface area contributed by atoms with E-state index in [1.54, 1.807) is 12.1 Å². The Hall–Kier alpha value is -4.46. The second kappa shape index (κ2) is 19.0. The van der Waals surface area contributed by atoms with E-state index in [0.29, 0.717) is 11.4 Å². The minimum Gasteiger partial charge on any atom is -0.550 e. The molecule has 1 amide bonds. The summed E-state index contributed by atoms with van der Waals surface area (Å²) in [5, 5.41) is 42.9. The van der Waals surface area contributed by atoms with Crippen molar-refractivity contribution in [3.05, 3.63) is 52.1 Å². The Labute approximate surface area is 272 Å². The van der Waals surface area contributed by atoms with E-state index < -0.39 is 53.8 Å². The van der Waals surface area contributed by atoms with Crippen molar-refractivity contribution in [2.45, 2.75) is 44.3 Å². The number of nitrogens with two attached hydrogens (primary N) is 2. The number of anilines is 2. The van der Waals surface area contributed by atoms with Crippen molar-refractivity contribution in [1.82, 2.24) is 25.3 Å². The van der Waals surface area contributed by atoms with Gasteiger partial charge in [-0.25, -0.2) is 14.8 Å². The molecule has 0 aliphatic rings. The van der Waals surface area contributed by atoms with Crippen molar-refractivity contribution in [2.75, 3.05) is 11.1 Å². The molecule has 18 nitrogen and oxygen atoms in total. The van der Waals surface area contributed by atoms with Gasteiger partial charge in [-0.2, -0.15) is 4.98 Å². The summed E-state index contributed by atoms with van der Waals surface area (Å²) in [6.45, 7) is 0.225. The SMILES string of the molecule is N[C@@H](CCC(=O)O)C(=O)[O-].Nc1nc2ncc(CNc3ccc(C(=O)N[C@@H](CCC(=O)[O-])C(=O)O)cc3)nc2c(=O)[nH]1.[Li+].[Li+]. The third-order valence-corrected chi connectivity index (χ3v) is 5.32. The number of aromatic nitrogens is 4. The van der Waals surface area contributed by atoms with E-state index >= 15 is 0 Å². The summed E-state index contributed by atoms with van der Waals surface area (Å²) >= 11 is 0. The van der Waals surface area contributed by atoms with Crippen molar-refractivity contribution >= 4 is 52.6 Å². The molecule has 0 radical (unpaired) electrons. The number of carboxylic acid groups (broad SMARTS) is 4. The molecule has 44 heavy (non-hydrogen) atoms. The Balaban J connectivity index is 0.00000133. The zero-order chi connectivity index (χ0) is 31.4. The third kappa shape index (κ3) is 13.2. The van der Waals surface area contributed by atoms with Gasteiger partial charge < -0.3 is 52.1 Å². The summed E-state index contributed by atoms with van der Waals surface area (Å²) in [4.78, 5) is 80.1. The predicted molar refractivity (Wildman–Crippen MR) is 139 cm³/mol. The number of aromatic amines is 1. The Bertz CT molecular complexity index is 1520. The standard InChI is InChI=1S/C19H19N7O6.C5H9NO4.2Li/c20-19-25-15-14(17(30)26-19)23-11(8-22-15)7-21-10-3-1-9(2-4-10)16(29)24-12(18(31)32)5-6-13(27)28;6-3(5(9)10)1-2-4(7)8;;/h1-4,8,12,21H,5-7H2,(H,24,29)(H,27,28)(H,31,32)(H3,20,22,25,26,30);3H,1-2,6H2,(H,7,8)(H,9,10);;/q;;2*+1/p-2/t12-;3-;;/m00../s1. The quantitative estimate of drug-likeness (QED) is 0.0895. The van der Waals surface area contributed by atoms with Crippen molar-refractivity contribution in [3.8, 4) is 0 Å². The van der Waals surface area contributed by atoms with Gasteiger partial charge in [0.05, 0.1) is 24.4 Å². The molecule has 0 spiro atoms. The molecule has 0 fully saturated rings. The van der Waals surface area contributed by atoms with Crippen molar-refractivity contribution in [2.24, 2.45) is 5.73 Å². The first kappa shape index (κ1) is 39.5. The second-order valence-electron chi connectivity index (χ2n) is 8.55. The average molecular weight is 600 g/mol. The molecule has 2 atom stereocenters. The summed E-state index contributed by atoms with van der Waals surface area (Å²) in [5.41, 5.74) is 11.4. The normalized spacial score (nSPS) is 11.3. The minimum absolute atomic E-state index is 0. The molecular weight excluding hydrogens is 574 g/mol. The monoisotopic (exact) mass is 600 g/mol. The number of nitrogens with one attached hydrogen (secondary N) is 3. The molecule has 224 valence electrons. The first-order chi connectivity index (χ1) is 19.8. The number of amides is 1. The summed E-state index contributed by atoms with van der Waals surface area (Å²) in [7, 11) is 0. The van der Waals surface area contributed by atoms with Crippen molar-refractivity contribution < 1.29 is 82.1 Å². The number of benzene rings is 1. The Morgan fingerprint density at radius 3 is 2.16 bits per heavy atom. The number of hydrogen-bond donors (Lipinski definition) is 7. The molecule has 3 rings (SSSR count). The van der Waals surface area contributed by atoms with Gasteiger partial charge in [-0.05, 0) is 43.5 Å². The maximum absolute atomic E-state index is 12.3. The first-order valence-electron chi connectivity index (χ1n) is 12.0. The number of fused-ring (bicyclic) bond motifs is 1. The molecular formula is C24H26Li2N8O10. The molecule has 3 aromatic rings. The summed E-state index contributed by atoms with van der Waals surface area (Å²) < 4.78 is 0. The first-order valence-corrected chi connectivity index (χ1v) is 12.0. The number of aliphatic carboxylic acids is 4. The molecule has 9 N–H and O–H groups in total. The Morgan fingerprint density at radius 1 is 0.977 bits per heavy atom. The van der Waals surface area contributed by atoms with E-state index in [2.05, 4.69) is 30.6 Å². The van der Waals surface area contributed by atoms with Gasteiger partial charge in [0.25, 0.3) is 11.5 Å². The molecule has 1 aromatic carbocycles. The van der Waals surface area contributed by atoms with Crippen LogP contribution >= 0.6 is 0 Å². The molecule has 0 bridgehead atoms. The van der Waals surface area contributed by atoms with Crippen LogP contribution in [0.25, 0.3) is 11.2 Å². The van der Waals surface area contributed by atoms with Crippen LogP contribution in [0.1, 0.15) is 41.7 Å². The maximum atomic E-state index is 12.3. The molecule has 0 aliphatic carbocycles. The van der Waals surface area contributed by atoms with Gasteiger partial charge in [0.15, 0.2) is 11.2 Å². The van der Waals surface area contributed by atoms with Crippen LogP contribution in [-0.4, -0.2) is 72.0 Å². The zero-order valence-electron chi connectivity index (χ0n) is 23.7. The Morgan fingerprint density at radius 2 is 1.61 bits per heavy atom. The number of hydrogen-bond acceptors (Lipinski definition) is 14. The van der Waals surface area contributed by atoms with Crippen molar-refractivity contribution in [3.63, 3.8) is 0 Å².